The molecule has 0 saturated heterocycles. The van der Waals surface area contributed by atoms with Crippen molar-refractivity contribution in [2.24, 2.45) is 0 Å². The van der Waals surface area contributed by atoms with Gasteiger partial charge in [0, 0.05) is 17.6 Å². The molecule has 3 heterocycles. The van der Waals surface area contributed by atoms with Gasteiger partial charge in [0.2, 0.25) is 11.0 Å². The SMILES string of the molecule is O=C(CSc1nnc(NCCc2cccs2)s1)Nc1cccnc1Cl. The van der Waals surface area contributed by atoms with Gasteiger partial charge in [0.05, 0.1) is 11.4 Å². The Bertz CT molecular complexity index is 824. The van der Waals surface area contributed by atoms with E-state index >= 15 is 0 Å². The van der Waals surface area contributed by atoms with Gasteiger partial charge in [0.15, 0.2) is 9.49 Å². The van der Waals surface area contributed by atoms with Gasteiger partial charge in [0.25, 0.3) is 0 Å². The van der Waals surface area contributed by atoms with Gasteiger partial charge in [-0.3, -0.25) is 4.79 Å². The molecule has 10 heteroatoms. The van der Waals surface area contributed by atoms with Crippen LogP contribution in [0.1, 0.15) is 4.88 Å². The number of hydrogen-bond donors (Lipinski definition) is 2. The Hall–Kier alpha value is -1.68. The molecule has 0 aliphatic carbocycles. The standard InChI is InChI=1S/C15H14ClN5OS3/c16-13-11(4-1-6-17-13)19-12(22)9-24-15-21-20-14(25-15)18-7-5-10-3-2-8-23-10/h1-4,6,8H,5,7,9H2,(H,18,20)(H,19,22). The van der Waals surface area contributed by atoms with Crippen LogP contribution in [0.5, 0.6) is 0 Å². The minimum atomic E-state index is -0.165. The number of aromatic nitrogens is 3. The number of nitrogens with one attached hydrogen (secondary N) is 2. The Balaban J connectivity index is 1.42. The first-order valence-corrected chi connectivity index (χ1v) is 10.4. The van der Waals surface area contributed by atoms with Crippen LogP contribution in [-0.4, -0.2) is 33.4 Å². The molecule has 130 valence electrons. The number of amides is 1. The molecule has 3 rings (SSSR count). The van der Waals surface area contributed by atoms with E-state index < -0.39 is 0 Å². The monoisotopic (exact) mass is 411 g/mol. The van der Waals surface area contributed by atoms with Crippen LogP contribution >= 0.6 is 46.0 Å². The smallest absolute Gasteiger partial charge is 0.234 e. The first-order valence-electron chi connectivity index (χ1n) is 7.33. The summed E-state index contributed by atoms with van der Waals surface area (Å²) in [4.78, 5) is 17.2. The average Bonchev–Trinajstić information content (AvgIpc) is 3.27. The number of halogens is 1. The molecule has 0 fully saturated rings. The van der Waals surface area contributed by atoms with Gasteiger partial charge < -0.3 is 10.6 Å². The number of thioether (sulfide) groups is 1. The number of rotatable bonds is 8. The Morgan fingerprint density at radius 1 is 1.28 bits per heavy atom. The van der Waals surface area contributed by atoms with E-state index in [0.717, 1.165) is 22.4 Å². The fraction of sp³-hybridized carbons (Fsp3) is 0.200. The van der Waals surface area contributed by atoms with Crippen molar-refractivity contribution in [2.45, 2.75) is 10.8 Å². The molecule has 0 bridgehead atoms. The first-order chi connectivity index (χ1) is 12.2. The minimum Gasteiger partial charge on any atom is -0.360 e. The minimum absolute atomic E-state index is 0.165. The third-order valence-corrected chi connectivity index (χ3v) is 6.25. The number of carbonyl (C=O) groups is 1. The quantitative estimate of drug-likeness (QED) is 0.430. The van der Waals surface area contributed by atoms with E-state index in [4.69, 9.17) is 11.6 Å². The van der Waals surface area contributed by atoms with Gasteiger partial charge in [-0.25, -0.2) is 4.98 Å². The van der Waals surface area contributed by atoms with Crippen molar-refractivity contribution in [2.75, 3.05) is 22.9 Å². The summed E-state index contributed by atoms with van der Waals surface area (Å²) in [6.07, 6.45) is 2.52. The maximum absolute atomic E-state index is 12.0. The van der Waals surface area contributed by atoms with Crippen molar-refractivity contribution in [3.8, 4) is 0 Å². The lowest BCUT2D eigenvalue weighted by molar-refractivity contribution is -0.113. The van der Waals surface area contributed by atoms with Crippen molar-refractivity contribution in [1.29, 1.82) is 0 Å². The molecule has 0 radical (unpaired) electrons. The topological polar surface area (TPSA) is 79.8 Å². The predicted molar refractivity (Wildman–Crippen MR) is 105 cm³/mol. The molecule has 0 aliphatic rings. The Morgan fingerprint density at radius 2 is 2.20 bits per heavy atom. The fourth-order valence-electron chi connectivity index (χ4n) is 1.88. The zero-order chi connectivity index (χ0) is 17.5. The van der Waals surface area contributed by atoms with Crippen LogP contribution in [0, 0.1) is 0 Å². The second-order valence-corrected chi connectivity index (χ2v) is 8.40. The van der Waals surface area contributed by atoms with Crippen LogP contribution < -0.4 is 10.6 Å². The van der Waals surface area contributed by atoms with E-state index in [1.807, 2.05) is 6.07 Å². The fourth-order valence-corrected chi connectivity index (χ4v) is 4.33. The van der Waals surface area contributed by atoms with Crippen LogP contribution in [0.25, 0.3) is 0 Å². The van der Waals surface area contributed by atoms with Gasteiger partial charge in [-0.15, -0.1) is 21.5 Å². The molecule has 6 nitrogen and oxygen atoms in total. The summed E-state index contributed by atoms with van der Waals surface area (Å²) < 4.78 is 0.742. The highest BCUT2D eigenvalue weighted by Crippen LogP contribution is 2.26. The lowest BCUT2D eigenvalue weighted by Gasteiger charge is -2.04. The Kier molecular flexibility index (Phi) is 6.62. The second-order valence-electron chi connectivity index (χ2n) is 4.81. The first kappa shape index (κ1) is 18.1. The highest BCUT2D eigenvalue weighted by molar-refractivity contribution is 8.01. The van der Waals surface area contributed by atoms with Crippen molar-refractivity contribution >= 4 is 62.8 Å². The van der Waals surface area contributed by atoms with Crippen LogP contribution in [0.4, 0.5) is 10.8 Å². The summed E-state index contributed by atoms with van der Waals surface area (Å²) in [7, 11) is 0. The average molecular weight is 412 g/mol. The summed E-state index contributed by atoms with van der Waals surface area (Å²) in [5, 5.41) is 17.2. The molecule has 3 aromatic rings. The molecule has 0 saturated carbocycles. The van der Waals surface area contributed by atoms with E-state index in [1.165, 1.54) is 28.0 Å². The lowest BCUT2D eigenvalue weighted by Crippen LogP contribution is -2.14. The van der Waals surface area contributed by atoms with Gasteiger partial charge in [-0.05, 0) is 30.0 Å². The van der Waals surface area contributed by atoms with Crippen molar-refractivity contribution < 1.29 is 4.79 Å². The normalized spacial score (nSPS) is 10.6. The number of anilines is 2. The zero-order valence-corrected chi connectivity index (χ0v) is 16.1. The highest BCUT2D eigenvalue weighted by atomic mass is 35.5. The molecule has 0 aliphatic heterocycles. The third kappa shape index (κ3) is 5.67. The largest absolute Gasteiger partial charge is 0.360 e. The van der Waals surface area contributed by atoms with Crippen LogP contribution in [0.2, 0.25) is 5.15 Å². The molecular weight excluding hydrogens is 398 g/mol. The van der Waals surface area contributed by atoms with Crippen molar-refractivity contribution in [3.05, 3.63) is 45.9 Å². The maximum Gasteiger partial charge on any atom is 0.234 e. The Labute approximate surface area is 162 Å². The van der Waals surface area contributed by atoms with E-state index in [1.54, 1.807) is 29.7 Å². The summed E-state index contributed by atoms with van der Waals surface area (Å²) in [6.45, 7) is 0.805. The molecule has 0 spiro atoms. The van der Waals surface area contributed by atoms with Gasteiger partial charge in [0.1, 0.15) is 0 Å². The highest BCUT2D eigenvalue weighted by Gasteiger charge is 2.10. The van der Waals surface area contributed by atoms with Crippen LogP contribution in [0.3, 0.4) is 0 Å². The van der Waals surface area contributed by atoms with Gasteiger partial charge in [-0.1, -0.05) is 40.8 Å². The molecule has 0 aromatic carbocycles. The second kappa shape index (κ2) is 9.14. The summed E-state index contributed by atoms with van der Waals surface area (Å²) in [5.74, 6) is 0.0667. The van der Waals surface area contributed by atoms with E-state index in [-0.39, 0.29) is 16.8 Å². The zero-order valence-electron chi connectivity index (χ0n) is 12.9. The van der Waals surface area contributed by atoms with Crippen LogP contribution in [-0.2, 0) is 11.2 Å². The molecule has 0 atom stereocenters. The number of carbonyl (C=O) groups excluding carboxylic acids is 1. The van der Waals surface area contributed by atoms with Crippen LogP contribution in [0.15, 0.2) is 40.2 Å². The van der Waals surface area contributed by atoms with E-state index in [2.05, 4.69) is 37.3 Å². The molecular formula is C15H14ClN5OS3. The summed E-state index contributed by atoms with van der Waals surface area (Å²) in [5.41, 5.74) is 0.503. The molecule has 1 amide bonds. The third-order valence-electron chi connectivity index (χ3n) is 2.99. The number of thiophene rings is 1. The number of pyridine rings is 1. The van der Waals surface area contributed by atoms with Crippen molar-refractivity contribution in [1.82, 2.24) is 15.2 Å². The molecule has 0 unspecified atom stereocenters. The number of nitrogens with zero attached hydrogens (tertiary/aromatic N) is 3. The van der Waals surface area contributed by atoms with Gasteiger partial charge in [-0.2, -0.15) is 0 Å². The van der Waals surface area contributed by atoms with E-state index in [9.17, 15) is 4.79 Å². The summed E-state index contributed by atoms with van der Waals surface area (Å²) >= 11 is 10.4. The number of hydrogen-bond acceptors (Lipinski definition) is 8. The molecule has 3 aromatic heterocycles. The predicted octanol–water partition coefficient (Wildman–Crippen LogP) is 4.03. The van der Waals surface area contributed by atoms with Crippen molar-refractivity contribution in [3.63, 3.8) is 0 Å². The Morgan fingerprint density at radius 3 is 3.00 bits per heavy atom. The molecule has 2 N–H and O–H groups in total. The lowest BCUT2D eigenvalue weighted by atomic mass is 10.3. The van der Waals surface area contributed by atoms with Gasteiger partial charge >= 0.3 is 0 Å². The van der Waals surface area contributed by atoms with E-state index in [0.29, 0.717) is 5.69 Å². The molecule has 25 heavy (non-hydrogen) atoms. The summed E-state index contributed by atoms with van der Waals surface area (Å²) in [6, 6.07) is 7.58. The maximum atomic E-state index is 12.0.